The molecule has 0 saturated carbocycles. The van der Waals surface area contributed by atoms with Crippen LogP contribution in [0.1, 0.15) is 24.6 Å². The molecule has 0 aromatic carbocycles. The SMILES string of the molecule is CS(=O)(=O)CCCC(N)c1cnccn1. The molecule has 15 heavy (non-hydrogen) atoms. The van der Waals surface area contributed by atoms with Crippen LogP contribution >= 0.6 is 0 Å². The fourth-order valence-electron chi connectivity index (χ4n) is 1.22. The maximum absolute atomic E-state index is 10.9. The molecule has 1 heterocycles. The van der Waals surface area contributed by atoms with E-state index >= 15 is 0 Å². The van der Waals surface area contributed by atoms with Crippen LogP contribution in [-0.2, 0) is 9.84 Å². The van der Waals surface area contributed by atoms with Crippen molar-refractivity contribution >= 4 is 9.84 Å². The molecule has 84 valence electrons. The molecule has 0 amide bonds. The van der Waals surface area contributed by atoms with Crippen LogP contribution in [0.4, 0.5) is 0 Å². The summed E-state index contributed by atoms with van der Waals surface area (Å²) in [4.78, 5) is 7.96. The molecule has 2 N–H and O–H groups in total. The predicted octanol–water partition coefficient (Wildman–Crippen LogP) is 0.301. The number of aromatic nitrogens is 2. The van der Waals surface area contributed by atoms with Crippen molar-refractivity contribution in [2.24, 2.45) is 5.73 Å². The lowest BCUT2D eigenvalue weighted by atomic mass is 10.1. The van der Waals surface area contributed by atoms with Crippen molar-refractivity contribution < 1.29 is 8.42 Å². The van der Waals surface area contributed by atoms with Crippen molar-refractivity contribution in [1.82, 2.24) is 9.97 Å². The fraction of sp³-hybridized carbons (Fsp3) is 0.556. The molecule has 1 unspecified atom stereocenters. The average molecular weight is 229 g/mol. The summed E-state index contributed by atoms with van der Waals surface area (Å²) < 4.78 is 21.8. The van der Waals surface area contributed by atoms with Gasteiger partial charge in [0.25, 0.3) is 0 Å². The zero-order valence-electron chi connectivity index (χ0n) is 8.63. The predicted molar refractivity (Wildman–Crippen MR) is 57.9 cm³/mol. The molecule has 0 aliphatic rings. The van der Waals surface area contributed by atoms with Crippen LogP contribution in [0.3, 0.4) is 0 Å². The lowest BCUT2D eigenvalue weighted by molar-refractivity contribution is 0.583. The van der Waals surface area contributed by atoms with Gasteiger partial charge in [-0.25, -0.2) is 8.42 Å². The summed E-state index contributed by atoms with van der Waals surface area (Å²) in [5, 5.41) is 0. The lowest BCUT2D eigenvalue weighted by Gasteiger charge is -2.09. The molecule has 6 heteroatoms. The van der Waals surface area contributed by atoms with E-state index in [1.807, 2.05) is 0 Å². The van der Waals surface area contributed by atoms with Crippen LogP contribution in [0.15, 0.2) is 18.6 Å². The van der Waals surface area contributed by atoms with Crippen molar-refractivity contribution in [1.29, 1.82) is 0 Å². The molecule has 0 radical (unpaired) electrons. The fourth-order valence-corrected chi connectivity index (χ4v) is 1.91. The molecule has 0 fully saturated rings. The van der Waals surface area contributed by atoms with Gasteiger partial charge in [0, 0.05) is 36.6 Å². The van der Waals surface area contributed by atoms with E-state index in [-0.39, 0.29) is 11.8 Å². The Balaban J connectivity index is 2.41. The molecule has 1 aromatic rings. The molecule has 0 aliphatic carbocycles. The Kier molecular flexibility index (Phi) is 4.16. The second-order valence-corrected chi connectivity index (χ2v) is 5.77. The summed E-state index contributed by atoms with van der Waals surface area (Å²) in [6.07, 6.45) is 7.13. The van der Waals surface area contributed by atoms with E-state index in [0.29, 0.717) is 18.5 Å². The molecule has 1 aromatic heterocycles. The van der Waals surface area contributed by atoms with E-state index in [4.69, 9.17) is 5.73 Å². The second kappa shape index (κ2) is 5.18. The van der Waals surface area contributed by atoms with Crippen LogP contribution < -0.4 is 5.73 Å². The van der Waals surface area contributed by atoms with Gasteiger partial charge < -0.3 is 5.73 Å². The zero-order chi connectivity index (χ0) is 11.3. The highest BCUT2D eigenvalue weighted by atomic mass is 32.2. The van der Waals surface area contributed by atoms with Crippen molar-refractivity contribution in [2.45, 2.75) is 18.9 Å². The Morgan fingerprint density at radius 2 is 2.20 bits per heavy atom. The Hall–Kier alpha value is -1.01. The maximum atomic E-state index is 10.9. The Morgan fingerprint density at radius 3 is 2.73 bits per heavy atom. The summed E-state index contributed by atoms with van der Waals surface area (Å²) in [5.41, 5.74) is 6.53. The van der Waals surface area contributed by atoms with Crippen LogP contribution in [-0.4, -0.2) is 30.4 Å². The highest BCUT2D eigenvalue weighted by Crippen LogP contribution is 2.12. The van der Waals surface area contributed by atoms with Gasteiger partial charge in [0.1, 0.15) is 9.84 Å². The standard InChI is InChI=1S/C9H15N3O2S/c1-15(13,14)6-2-3-8(10)9-7-11-4-5-12-9/h4-5,7-8H,2-3,6,10H2,1H3. The maximum Gasteiger partial charge on any atom is 0.147 e. The van der Waals surface area contributed by atoms with E-state index < -0.39 is 9.84 Å². The molecule has 5 nitrogen and oxygen atoms in total. The molecule has 1 atom stereocenters. The average Bonchev–Trinajstić information content (AvgIpc) is 2.17. The molecular weight excluding hydrogens is 214 g/mol. The van der Waals surface area contributed by atoms with Gasteiger partial charge in [-0.3, -0.25) is 9.97 Å². The number of nitrogens with zero attached hydrogens (tertiary/aromatic N) is 2. The summed E-state index contributed by atoms with van der Waals surface area (Å²) in [6, 6.07) is -0.236. The van der Waals surface area contributed by atoms with Crippen molar-refractivity contribution in [3.05, 3.63) is 24.3 Å². The Labute approximate surface area is 89.7 Å². The smallest absolute Gasteiger partial charge is 0.147 e. The quantitative estimate of drug-likeness (QED) is 0.784. The van der Waals surface area contributed by atoms with Crippen LogP contribution in [0.2, 0.25) is 0 Å². The zero-order valence-corrected chi connectivity index (χ0v) is 9.44. The van der Waals surface area contributed by atoms with Gasteiger partial charge >= 0.3 is 0 Å². The third-order valence-corrected chi connectivity index (χ3v) is 3.02. The number of hydrogen-bond acceptors (Lipinski definition) is 5. The minimum absolute atomic E-state index is 0.168. The van der Waals surface area contributed by atoms with Gasteiger partial charge in [-0.1, -0.05) is 0 Å². The highest BCUT2D eigenvalue weighted by molar-refractivity contribution is 7.90. The van der Waals surface area contributed by atoms with Gasteiger partial charge in [0.2, 0.25) is 0 Å². The first-order chi connectivity index (χ1) is 6.99. The third kappa shape index (κ3) is 4.85. The van der Waals surface area contributed by atoms with Crippen LogP contribution in [0.5, 0.6) is 0 Å². The molecule has 0 aliphatic heterocycles. The summed E-state index contributed by atoms with van der Waals surface area (Å²) >= 11 is 0. The van der Waals surface area contributed by atoms with Gasteiger partial charge in [-0.05, 0) is 12.8 Å². The summed E-state index contributed by atoms with van der Waals surface area (Å²) in [5.74, 6) is 0.168. The van der Waals surface area contributed by atoms with Crippen molar-refractivity contribution in [2.75, 3.05) is 12.0 Å². The summed E-state index contributed by atoms with van der Waals surface area (Å²) in [7, 11) is -2.89. The minimum Gasteiger partial charge on any atom is -0.323 e. The molecular formula is C9H15N3O2S. The third-order valence-electron chi connectivity index (χ3n) is 1.99. The van der Waals surface area contributed by atoms with E-state index in [1.54, 1.807) is 18.6 Å². The minimum atomic E-state index is -2.89. The van der Waals surface area contributed by atoms with E-state index in [0.717, 1.165) is 0 Å². The molecule has 0 bridgehead atoms. The van der Waals surface area contributed by atoms with Gasteiger partial charge in [0.05, 0.1) is 5.69 Å². The van der Waals surface area contributed by atoms with Crippen LogP contribution in [0.25, 0.3) is 0 Å². The monoisotopic (exact) mass is 229 g/mol. The number of rotatable bonds is 5. The van der Waals surface area contributed by atoms with Crippen molar-refractivity contribution in [3.63, 3.8) is 0 Å². The highest BCUT2D eigenvalue weighted by Gasteiger charge is 2.09. The largest absolute Gasteiger partial charge is 0.323 e. The van der Waals surface area contributed by atoms with Gasteiger partial charge in [0.15, 0.2) is 0 Å². The number of sulfone groups is 1. The first kappa shape index (κ1) is 12.1. The molecule has 0 saturated heterocycles. The van der Waals surface area contributed by atoms with Gasteiger partial charge in [-0.2, -0.15) is 0 Å². The lowest BCUT2D eigenvalue weighted by Crippen LogP contribution is -2.14. The molecule has 0 spiro atoms. The Morgan fingerprint density at radius 1 is 1.47 bits per heavy atom. The van der Waals surface area contributed by atoms with E-state index in [9.17, 15) is 8.42 Å². The summed E-state index contributed by atoms with van der Waals surface area (Å²) in [6.45, 7) is 0. The second-order valence-electron chi connectivity index (χ2n) is 3.51. The van der Waals surface area contributed by atoms with Crippen molar-refractivity contribution in [3.8, 4) is 0 Å². The van der Waals surface area contributed by atoms with E-state index in [2.05, 4.69) is 9.97 Å². The first-order valence-electron chi connectivity index (χ1n) is 4.68. The van der Waals surface area contributed by atoms with Crippen LogP contribution in [0, 0.1) is 0 Å². The topological polar surface area (TPSA) is 85.9 Å². The number of nitrogens with two attached hydrogens (primary N) is 1. The Bertz CT molecular complexity index is 391. The van der Waals surface area contributed by atoms with Gasteiger partial charge in [-0.15, -0.1) is 0 Å². The van der Waals surface area contributed by atoms with E-state index in [1.165, 1.54) is 6.26 Å². The number of hydrogen-bond donors (Lipinski definition) is 1. The first-order valence-corrected chi connectivity index (χ1v) is 6.74. The normalized spacial score (nSPS) is 13.7. The molecule has 1 rings (SSSR count).